The van der Waals surface area contributed by atoms with Gasteiger partial charge in [0.25, 0.3) is 0 Å². The molecular formula is C11H25N. The second kappa shape index (κ2) is 6.47. The van der Waals surface area contributed by atoms with Crippen LogP contribution in [-0.4, -0.2) is 5.54 Å². The van der Waals surface area contributed by atoms with Crippen LogP contribution in [0.4, 0.5) is 0 Å². The maximum atomic E-state index is 5.88. The summed E-state index contributed by atoms with van der Waals surface area (Å²) < 4.78 is 0. The molecule has 0 aromatic heterocycles. The first-order valence-electron chi connectivity index (χ1n) is 5.35. The Bertz CT molecular complexity index is 91.7. The van der Waals surface area contributed by atoms with Gasteiger partial charge in [-0.25, -0.2) is 0 Å². The SMILES string of the molecule is CCCCCCCCC(C)(C)N. The minimum Gasteiger partial charge on any atom is -0.326 e. The molecule has 0 heterocycles. The predicted molar refractivity (Wildman–Crippen MR) is 56.3 cm³/mol. The van der Waals surface area contributed by atoms with Gasteiger partial charge in [0.15, 0.2) is 0 Å². The Morgan fingerprint density at radius 3 is 1.92 bits per heavy atom. The molecule has 0 aliphatic heterocycles. The smallest absolute Gasteiger partial charge is 0.00970 e. The summed E-state index contributed by atoms with van der Waals surface area (Å²) in [6, 6.07) is 0. The molecule has 0 atom stereocenters. The lowest BCUT2D eigenvalue weighted by molar-refractivity contribution is 0.441. The zero-order valence-electron chi connectivity index (χ0n) is 9.03. The molecule has 0 unspecified atom stereocenters. The highest BCUT2D eigenvalue weighted by Gasteiger charge is 2.08. The zero-order chi connectivity index (χ0) is 9.45. The fourth-order valence-corrected chi connectivity index (χ4v) is 1.36. The van der Waals surface area contributed by atoms with E-state index in [4.69, 9.17) is 5.73 Å². The van der Waals surface area contributed by atoms with Crippen molar-refractivity contribution in [2.24, 2.45) is 5.73 Å². The molecule has 0 fully saturated rings. The lowest BCUT2D eigenvalue weighted by atomic mass is 9.97. The molecule has 0 spiro atoms. The lowest BCUT2D eigenvalue weighted by Gasteiger charge is -2.17. The Kier molecular flexibility index (Phi) is 6.45. The highest BCUT2D eigenvalue weighted by atomic mass is 14.7. The molecule has 0 rings (SSSR count). The Balaban J connectivity index is 3.01. The molecule has 0 aromatic rings. The summed E-state index contributed by atoms with van der Waals surface area (Å²) in [5.74, 6) is 0. The summed E-state index contributed by atoms with van der Waals surface area (Å²) in [7, 11) is 0. The molecule has 0 bridgehead atoms. The first-order valence-corrected chi connectivity index (χ1v) is 5.35. The van der Waals surface area contributed by atoms with Crippen molar-refractivity contribution in [2.45, 2.75) is 71.3 Å². The van der Waals surface area contributed by atoms with E-state index in [1.54, 1.807) is 0 Å². The second-order valence-electron chi connectivity index (χ2n) is 4.51. The van der Waals surface area contributed by atoms with Gasteiger partial charge in [0.2, 0.25) is 0 Å². The van der Waals surface area contributed by atoms with Crippen LogP contribution in [0.5, 0.6) is 0 Å². The molecule has 2 N–H and O–H groups in total. The van der Waals surface area contributed by atoms with Crippen LogP contribution in [0.15, 0.2) is 0 Å². The van der Waals surface area contributed by atoms with Crippen LogP contribution in [0.1, 0.15) is 65.7 Å². The Hall–Kier alpha value is -0.0400. The third-order valence-corrected chi connectivity index (χ3v) is 2.17. The van der Waals surface area contributed by atoms with Gasteiger partial charge in [-0.05, 0) is 20.3 Å². The number of nitrogens with two attached hydrogens (primary N) is 1. The maximum absolute atomic E-state index is 5.88. The number of hydrogen-bond donors (Lipinski definition) is 1. The van der Waals surface area contributed by atoms with Crippen LogP contribution < -0.4 is 5.73 Å². The molecule has 12 heavy (non-hydrogen) atoms. The number of rotatable bonds is 7. The summed E-state index contributed by atoms with van der Waals surface area (Å²) >= 11 is 0. The van der Waals surface area contributed by atoms with Crippen LogP contribution in [-0.2, 0) is 0 Å². The van der Waals surface area contributed by atoms with Gasteiger partial charge in [-0.1, -0.05) is 45.4 Å². The summed E-state index contributed by atoms with van der Waals surface area (Å²) in [5.41, 5.74) is 5.92. The molecule has 0 saturated carbocycles. The monoisotopic (exact) mass is 171 g/mol. The van der Waals surface area contributed by atoms with Crippen LogP contribution in [0, 0.1) is 0 Å². The quantitative estimate of drug-likeness (QED) is 0.583. The van der Waals surface area contributed by atoms with Crippen LogP contribution in [0.25, 0.3) is 0 Å². The number of unbranched alkanes of at least 4 members (excludes halogenated alkanes) is 5. The van der Waals surface area contributed by atoms with E-state index in [1.807, 2.05) is 0 Å². The van der Waals surface area contributed by atoms with Gasteiger partial charge in [-0.3, -0.25) is 0 Å². The van der Waals surface area contributed by atoms with E-state index in [2.05, 4.69) is 20.8 Å². The van der Waals surface area contributed by atoms with Crippen LogP contribution in [0.3, 0.4) is 0 Å². The number of hydrogen-bond acceptors (Lipinski definition) is 1. The van der Waals surface area contributed by atoms with Gasteiger partial charge in [-0.2, -0.15) is 0 Å². The summed E-state index contributed by atoms with van der Waals surface area (Å²) in [6.07, 6.45) is 9.35. The van der Waals surface area contributed by atoms with Crippen molar-refractivity contribution in [3.8, 4) is 0 Å². The molecule has 0 radical (unpaired) electrons. The molecule has 0 saturated heterocycles. The minimum absolute atomic E-state index is 0.0464. The standard InChI is InChI=1S/C11H25N/c1-4-5-6-7-8-9-10-11(2,3)12/h4-10,12H2,1-3H3. The van der Waals surface area contributed by atoms with Gasteiger partial charge < -0.3 is 5.73 Å². The second-order valence-corrected chi connectivity index (χ2v) is 4.51. The molecule has 74 valence electrons. The highest BCUT2D eigenvalue weighted by molar-refractivity contribution is 4.70. The Morgan fingerprint density at radius 1 is 0.917 bits per heavy atom. The van der Waals surface area contributed by atoms with Crippen molar-refractivity contribution in [1.29, 1.82) is 0 Å². The third-order valence-electron chi connectivity index (χ3n) is 2.17. The lowest BCUT2D eigenvalue weighted by Crippen LogP contribution is -2.31. The Labute approximate surface area is 77.7 Å². The van der Waals surface area contributed by atoms with E-state index in [1.165, 1.54) is 44.9 Å². The Morgan fingerprint density at radius 2 is 1.42 bits per heavy atom. The van der Waals surface area contributed by atoms with E-state index in [9.17, 15) is 0 Å². The summed E-state index contributed by atoms with van der Waals surface area (Å²) in [4.78, 5) is 0. The van der Waals surface area contributed by atoms with Crippen molar-refractivity contribution in [3.05, 3.63) is 0 Å². The van der Waals surface area contributed by atoms with Crippen molar-refractivity contribution < 1.29 is 0 Å². The highest BCUT2D eigenvalue weighted by Crippen LogP contribution is 2.12. The molecular weight excluding hydrogens is 146 g/mol. The van der Waals surface area contributed by atoms with Gasteiger partial charge in [0.1, 0.15) is 0 Å². The fraction of sp³-hybridized carbons (Fsp3) is 1.00. The van der Waals surface area contributed by atoms with Gasteiger partial charge in [-0.15, -0.1) is 0 Å². The van der Waals surface area contributed by atoms with Crippen LogP contribution in [0.2, 0.25) is 0 Å². The average molecular weight is 171 g/mol. The zero-order valence-corrected chi connectivity index (χ0v) is 9.03. The topological polar surface area (TPSA) is 26.0 Å². The average Bonchev–Trinajstić information content (AvgIpc) is 1.94. The molecule has 0 aromatic carbocycles. The van der Waals surface area contributed by atoms with E-state index in [0.717, 1.165) is 0 Å². The van der Waals surface area contributed by atoms with Crippen molar-refractivity contribution in [2.75, 3.05) is 0 Å². The van der Waals surface area contributed by atoms with Crippen molar-refractivity contribution in [3.63, 3.8) is 0 Å². The normalized spacial score (nSPS) is 12.0. The van der Waals surface area contributed by atoms with Crippen molar-refractivity contribution >= 4 is 0 Å². The van der Waals surface area contributed by atoms with Gasteiger partial charge in [0, 0.05) is 5.54 Å². The van der Waals surface area contributed by atoms with E-state index < -0.39 is 0 Å². The van der Waals surface area contributed by atoms with E-state index in [0.29, 0.717) is 0 Å². The van der Waals surface area contributed by atoms with Crippen molar-refractivity contribution in [1.82, 2.24) is 0 Å². The summed E-state index contributed by atoms with van der Waals surface area (Å²) in [5, 5.41) is 0. The first kappa shape index (κ1) is 12.0. The molecule has 1 nitrogen and oxygen atoms in total. The molecule has 1 heteroatoms. The van der Waals surface area contributed by atoms with E-state index >= 15 is 0 Å². The summed E-state index contributed by atoms with van der Waals surface area (Å²) in [6.45, 7) is 6.47. The molecule has 0 aliphatic carbocycles. The van der Waals surface area contributed by atoms with Gasteiger partial charge in [0.05, 0.1) is 0 Å². The molecule has 0 amide bonds. The third kappa shape index (κ3) is 9.96. The minimum atomic E-state index is 0.0464. The largest absolute Gasteiger partial charge is 0.326 e. The van der Waals surface area contributed by atoms with Crippen LogP contribution >= 0.6 is 0 Å². The van der Waals surface area contributed by atoms with E-state index in [-0.39, 0.29) is 5.54 Å². The maximum Gasteiger partial charge on any atom is 0.00970 e. The first-order chi connectivity index (χ1) is 5.56. The van der Waals surface area contributed by atoms with Gasteiger partial charge >= 0.3 is 0 Å². The molecule has 0 aliphatic rings. The predicted octanol–water partition coefficient (Wildman–Crippen LogP) is 3.47. The fourth-order valence-electron chi connectivity index (χ4n) is 1.36.